The topological polar surface area (TPSA) is 3.24 Å². The van der Waals surface area contributed by atoms with Crippen molar-refractivity contribution in [2.75, 3.05) is 4.90 Å². The van der Waals surface area contributed by atoms with Crippen molar-refractivity contribution in [1.29, 1.82) is 0 Å². The maximum Gasteiger partial charge on any atom is 0.0725 e. The Hall–Kier alpha value is -4.88. The number of benzene rings is 6. The molecule has 4 aliphatic rings. The minimum Gasteiger partial charge on any atom is -0.334 e. The average Bonchev–Trinajstić information content (AvgIpc) is 3.66. The van der Waals surface area contributed by atoms with Crippen LogP contribution in [0.1, 0.15) is 67.9 Å². The summed E-state index contributed by atoms with van der Waals surface area (Å²) < 4.78 is 0. The van der Waals surface area contributed by atoms with Crippen LogP contribution in [0.25, 0.3) is 33.4 Å². The van der Waals surface area contributed by atoms with Crippen molar-refractivity contribution < 1.29 is 0 Å². The fraction of sp³-hybridized carbons (Fsp3) is 0.217. The smallest absolute Gasteiger partial charge is 0.0725 e. The highest BCUT2D eigenvalue weighted by Gasteiger charge is 2.60. The summed E-state index contributed by atoms with van der Waals surface area (Å²) in [7, 11) is 0. The zero-order valence-electron chi connectivity index (χ0n) is 27.4. The van der Waals surface area contributed by atoms with Gasteiger partial charge in [-0.1, -0.05) is 129 Å². The Morgan fingerprint density at radius 3 is 1.72 bits per heavy atom. The molecule has 0 saturated heterocycles. The first-order chi connectivity index (χ1) is 23.0. The number of rotatable bonds is 2. The van der Waals surface area contributed by atoms with E-state index in [2.05, 4.69) is 165 Å². The predicted octanol–water partition coefficient (Wildman–Crippen LogP) is 11.7. The maximum atomic E-state index is 2.69. The van der Waals surface area contributed by atoms with E-state index in [1.165, 1.54) is 91.8 Å². The summed E-state index contributed by atoms with van der Waals surface area (Å²) in [5.41, 5.74) is 17.6. The van der Waals surface area contributed by atoms with Gasteiger partial charge in [-0.15, -0.1) is 0 Å². The number of hydrogen-bond acceptors (Lipinski definition) is 1. The van der Waals surface area contributed by atoms with E-state index in [0.717, 1.165) is 0 Å². The van der Waals surface area contributed by atoms with Crippen LogP contribution in [0, 0.1) is 5.92 Å². The van der Waals surface area contributed by atoms with Gasteiger partial charge >= 0.3 is 0 Å². The molecule has 1 saturated carbocycles. The average molecular weight is 606 g/mol. The molecule has 0 amide bonds. The molecule has 3 unspecified atom stereocenters. The van der Waals surface area contributed by atoms with Gasteiger partial charge in [0, 0.05) is 16.8 Å². The quantitative estimate of drug-likeness (QED) is 0.189. The van der Waals surface area contributed by atoms with Gasteiger partial charge in [0.15, 0.2) is 0 Å². The van der Waals surface area contributed by atoms with Gasteiger partial charge in [-0.05, 0) is 117 Å². The SMILES string of the molecule is CC1CCCC2(C)c3cc(-c4ccc5c(c4)-c4ccccc4C54c5ccccc5-c5ccccc54)ccc3N(c3ccccc3)C12C. The number of anilines is 2. The molecule has 1 heteroatoms. The monoisotopic (exact) mass is 605 g/mol. The van der Waals surface area contributed by atoms with Gasteiger partial charge < -0.3 is 4.90 Å². The van der Waals surface area contributed by atoms with Crippen LogP contribution in [0.2, 0.25) is 0 Å². The van der Waals surface area contributed by atoms with Crippen molar-refractivity contribution in [2.24, 2.45) is 5.92 Å². The third kappa shape index (κ3) is 3.21. The standard InChI is InChI=1S/C46H39N/c1-30-14-13-27-44(2)42-29-32(24-26-43(42)47(45(30,44)3)33-15-5-4-6-16-33)31-23-25-41-37(28-31)36-19-9-12-22-40(36)46(41)38-20-10-7-17-34(38)35-18-8-11-21-39(35)46/h4-12,15-26,28-30H,13-14,27H2,1-3H3. The third-order valence-corrected chi connectivity index (χ3v) is 13.0. The number of para-hydroxylation sites is 1. The van der Waals surface area contributed by atoms with Crippen LogP contribution in [-0.4, -0.2) is 5.54 Å². The van der Waals surface area contributed by atoms with E-state index < -0.39 is 0 Å². The van der Waals surface area contributed by atoms with E-state index in [-0.39, 0.29) is 16.4 Å². The van der Waals surface area contributed by atoms with Crippen molar-refractivity contribution in [3.8, 4) is 33.4 Å². The molecule has 0 N–H and O–H groups in total. The van der Waals surface area contributed by atoms with Crippen LogP contribution < -0.4 is 4.90 Å². The van der Waals surface area contributed by atoms with Crippen LogP contribution in [0.4, 0.5) is 11.4 Å². The van der Waals surface area contributed by atoms with E-state index in [9.17, 15) is 0 Å². The van der Waals surface area contributed by atoms with Crippen LogP contribution in [0.3, 0.4) is 0 Å². The molecule has 0 bridgehead atoms. The summed E-state index contributed by atoms with van der Waals surface area (Å²) in [6.07, 6.45) is 3.77. The second-order valence-corrected chi connectivity index (χ2v) is 14.8. The largest absolute Gasteiger partial charge is 0.334 e. The minimum atomic E-state index is -0.292. The van der Waals surface area contributed by atoms with Gasteiger partial charge in [0.05, 0.1) is 11.0 Å². The molecule has 3 atom stereocenters. The Morgan fingerprint density at radius 1 is 0.532 bits per heavy atom. The molecular weight excluding hydrogens is 567 g/mol. The van der Waals surface area contributed by atoms with Crippen molar-refractivity contribution in [2.45, 2.75) is 56.4 Å². The lowest BCUT2D eigenvalue weighted by molar-refractivity contribution is 0.130. The molecule has 1 aliphatic heterocycles. The molecule has 1 fully saturated rings. The number of hydrogen-bond donors (Lipinski definition) is 0. The summed E-state index contributed by atoms with van der Waals surface area (Å²) in [5.74, 6) is 0.585. The highest BCUT2D eigenvalue weighted by Crippen LogP contribution is 2.64. The van der Waals surface area contributed by atoms with E-state index in [4.69, 9.17) is 0 Å². The zero-order valence-corrected chi connectivity index (χ0v) is 27.4. The second-order valence-electron chi connectivity index (χ2n) is 14.8. The normalized spacial score (nSPS) is 23.9. The molecule has 0 aromatic heterocycles. The molecule has 228 valence electrons. The third-order valence-electron chi connectivity index (χ3n) is 13.0. The summed E-state index contributed by atoms with van der Waals surface area (Å²) in [6, 6.07) is 53.0. The van der Waals surface area contributed by atoms with Crippen LogP contribution >= 0.6 is 0 Å². The highest BCUT2D eigenvalue weighted by molar-refractivity contribution is 5.96. The fourth-order valence-electron chi connectivity index (χ4n) is 10.6. The molecule has 1 spiro atoms. The second kappa shape index (κ2) is 9.35. The summed E-state index contributed by atoms with van der Waals surface area (Å²) in [4.78, 5) is 2.69. The minimum absolute atomic E-state index is 0.0140. The van der Waals surface area contributed by atoms with Crippen LogP contribution in [0.15, 0.2) is 140 Å². The first-order valence-corrected chi connectivity index (χ1v) is 17.4. The van der Waals surface area contributed by atoms with Gasteiger partial charge in [-0.25, -0.2) is 0 Å². The molecule has 10 rings (SSSR count). The van der Waals surface area contributed by atoms with Gasteiger partial charge in [-0.3, -0.25) is 0 Å². The fourth-order valence-corrected chi connectivity index (χ4v) is 10.6. The Balaban J connectivity index is 1.18. The Kier molecular flexibility index (Phi) is 5.42. The van der Waals surface area contributed by atoms with E-state index in [1.54, 1.807) is 0 Å². The number of fused-ring (bicyclic) bond motifs is 13. The van der Waals surface area contributed by atoms with Crippen molar-refractivity contribution in [3.63, 3.8) is 0 Å². The van der Waals surface area contributed by atoms with Gasteiger partial charge in [0.1, 0.15) is 0 Å². The number of nitrogens with zero attached hydrogens (tertiary/aromatic N) is 1. The zero-order chi connectivity index (χ0) is 31.5. The van der Waals surface area contributed by atoms with Crippen molar-refractivity contribution >= 4 is 11.4 Å². The molecule has 3 aliphatic carbocycles. The summed E-state index contributed by atoms with van der Waals surface area (Å²) >= 11 is 0. The van der Waals surface area contributed by atoms with E-state index in [1.807, 2.05) is 0 Å². The first kappa shape index (κ1) is 27.3. The molecule has 1 nitrogen and oxygen atoms in total. The summed E-state index contributed by atoms with van der Waals surface area (Å²) in [6.45, 7) is 7.56. The molecule has 47 heavy (non-hydrogen) atoms. The van der Waals surface area contributed by atoms with E-state index in [0.29, 0.717) is 5.92 Å². The lowest BCUT2D eigenvalue weighted by Crippen LogP contribution is -2.59. The summed E-state index contributed by atoms with van der Waals surface area (Å²) in [5, 5.41) is 0. The Bertz CT molecular complexity index is 2200. The molecular formula is C46H39N. The molecule has 0 radical (unpaired) electrons. The maximum absolute atomic E-state index is 2.69. The molecule has 6 aromatic rings. The van der Waals surface area contributed by atoms with Crippen LogP contribution in [-0.2, 0) is 10.8 Å². The van der Waals surface area contributed by atoms with Gasteiger partial charge in [-0.2, -0.15) is 0 Å². The van der Waals surface area contributed by atoms with Crippen molar-refractivity contribution in [3.05, 3.63) is 167 Å². The lowest BCUT2D eigenvalue weighted by Gasteiger charge is -2.54. The van der Waals surface area contributed by atoms with Gasteiger partial charge in [0.2, 0.25) is 0 Å². The van der Waals surface area contributed by atoms with Crippen LogP contribution in [0.5, 0.6) is 0 Å². The molecule has 1 heterocycles. The van der Waals surface area contributed by atoms with Gasteiger partial charge in [0.25, 0.3) is 0 Å². The van der Waals surface area contributed by atoms with Crippen molar-refractivity contribution in [1.82, 2.24) is 0 Å². The Morgan fingerprint density at radius 2 is 1.06 bits per heavy atom. The molecule has 6 aromatic carbocycles. The van der Waals surface area contributed by atoms with E-state index >= 15 is 0 Å². The lowest BCUT2D eigenvalue weighted by atomic mass is 9.57. The predicted molar refractivity (Wildman–Crippen MR) is 196 cm³/mol. The first-order valence-electron chi connectivity index (χ1n) is 17.4. The Labute approximate surface area is 278 Å². The highest BCUT2D eigenvalue weighted by atomic mass is 15.3.